The number of hydrogen-bond acceptors (Lipinski definition) is 4. The van der Waals surface area contributed by atoms with Crippen molar-refractivity contribution < 1.29 is 9.47 Å². The molecule has 0 aromatic carbocycles. The number of rotatable bonds is 2. The van der Waals surface area contributed by atoms with Crippen LogP contribution in [0, 0.1) is 28.6 Å². The van der Waals surface area contributed by atoms with Gasteiger partial charge >= 0.3 is 0 Å². The summed E-state index contributed by atoms with van der Waals surface area (Å²) in [4.78, 5) is 0. The minimum Gasteiger partial charge on any atom is -0.375 e. The van der Waals surface area contributed by atoms with Crippen LogP contribution in [0.4, 0.5) is 0 Å². The van der Waals surface area contributed by atoms with Crippen molar-refractivity contribution >= 4 is 0 Å². The zero-order valence-corrected chi connectivity index (χ0v) is 10.1. The lowest BCUT2D eigenvalue weighted by Crippen LogP contribution is -2.30. The number of nitrogens with zero attached hydrogens (tertiary/aromatic N) is 2. The molecule has 0 spiro atoms. The zero-order valence-electron chi connectivity index (χ0n) is 10.1. The molecule has 2 aliphatic heterocycles. The molecule has 0 amide bonds. The van der Waals surface area contributed by atoms with E-state index >= 15 is 0 Å². The van der Waals surface area contributed by atoms with Gasteiger partial charge in [0.15, 0.2) is 0 Å². The van der Waals surface area contributed by atoms with Crippen molar-refractivity contribution in [2.24, 2.45) is 5.92 Å². The van der Waals surface area contributed by atoms with Gasteiger partial charge in [-0.3, -0.25) is 0 Å². The van der Waals surface area contributed by atoms with Crippen LogP contribution in [0.1, 0.15) is 26.7 Å². The van der Waals surface area contributed by atoms with Crippen molar-refractivity contribution in [1.82, 2.24) is 0 Å². The molecule has 0 radical (unpaired) electrons. The van der Waals surface area contributed by atoms with E-state index in [-0.39, 0.29) is 23.9 Å². The third-order valence-corrected chi connectivity index (χ3v) is 3.67. The molecule has 4 heteroatoms. The van der Waals surface area contributed by atoms with Crippen molar-refractivity contribution in [2.45, 2.75) is 45.0 Å². The summed E-state index contributed by atoms with van der Waals surface area (Å²) in [5.41, 5.74) is 1.03. The first-order valence-corrected chi connectivity index (χ1v) is 6.03. The second-order valence-corrected chi connectivity index (χ2v) is 4.54. The molecule has 2 bridgehead atoms. The van der Waals surface area contributed by atoms with Gasteiger partial charge in [-0.05, 0) is 25.3 Å². The maximum Gasteiger partial charge on any atom is 0.131 e. The molecule has 4 nitrogen and oxygen atoms in total. The molecule has 90 valence electrons. The summed E-state index contributed by atoms with van der Waals surface area (Å²) in [7, 11) is 0. The van der Waals surface area contributed by atoms with Crippen molar-refractivity contribution in [3.05, 3.63) is 11.1 Å². The Hall–Kier alpha value is -1.36. The number of fused-ring (bicyclic) bond motifs is 2. The van der Waals surface area contributed by atoms with Crippen molar-refractivity contribution in [3.63, 3.8) is 0 Å². The average molecular weight is 232 g/mol. The van der Waals surface area contributed by atoms with Crippen LogP contribution in [0.5, 0.6) is 0 Å². The average Bonchev–Trinajstić information content (AvgIpc) is 2.59. The summed E-state index contributed by atoms with van der Waals surface area (Å²) in [6, 6.07) is 3.93. The highest BCUT2D eigenvalue weighted by Crippen LogP contribution is 2.42. The van der Waals surface area contributed by atoms with Crippen molar-refractivity contribution in [1.29, 1.82) is 10.5 Å². The predicted molar refractivity (Wildman–Crippen MR) is 60.7 cm³/mol. The van der Waals surface area contributed by atoms with Crippen LogP contribution in [0.15, 0.2) is 11.1 Å². The minimum atomic E-state index is -0.196. The van der Waals surface area contributed by atoms with Crippen molar-refractivity contribution in [2.75, 3.05) is 6.61 Å². The minimum absolute atomic E-state index is 0.0146. The molecule has 0 unspecified atom stereocenters. The maximum atomic E-state index is 8.96. The molecular formula is C13H16N2O2. The van der Waals surface area contributed by atoms with Crippen LogP contribution in [0.3, 0.4) is 0 Å². The number of ether oxygens (including phenoxy) is 2. The molecule has 0 aliphatic carbocycles. The van der Waals surface area contributed by atoms with Gasteiger partial charge in [-0.1, -0.05) is 6.92 Å². The Labute approximate surface area is 101 Å². The maximum absolute atomic E-state index is 8.96. The van der Waals surface area contributed by atoms with Crippen LogP contribution in [0.2, 0.25) is 0 Å². The molecule has 0 aromatic heterocycles. The second-order valence-electron chi connectivity index (χ2n) is 4.54. The van der Waals surface area contributed by atoms with E-state index in [0.717, 1.165) is 18.4 Å². The molecule has 2 fully saturated rings. The predicted octanol–water partition coefficient (Wildman–Crippen LogP) is 1.93. The van der Waals surface area contributed by atoms with E-state index in [1.807, 2.05) is 19.1 Å². The van der Waals surface area contributed by atoms with Gasteiger partial charge in [0.1, 0.15) is 23.8 Å². The van der Waals surface area contributed by atoms with Gasteiger partial charge in [0.2, 0.25) is 0 Å². The highest BCUT2D eigenvalue weighted by Gasteiger charge is 2.47. The molecule has 0 N–H and O–H groups in total. The normalized spacial score (nSPS) is 35.2. The number of hydrogen-bond donors (Lipinski definition) is 0. The SMILES string of the molecule is CCO[C@@H]1[C@H](C)[C@H]2CCC(=C(C#N)C#N)[C@@H]1O2. The summed E-state index contributed by atoms with van der Waals surface area (Å²) >= 11 is 0. The van der Waals surface area contributed by atoms with E-state index in [9.17, 15) is 0 Å². The van der Waals surface area contributed by atoms with Crippen LogP contribution < -0.4 is 0 Å². The van der Waals surface area contributed by atoms with Gasteiger partial charge in [-0.25, -0.2) is 0 Å². The lowest BCUT2D eigenvalue weighted by molar-refractivity contribution is -0.0149. The molecule has 0 saturated carbocycles. The summed E-state index contributed by atoms with van der Waals surface area (Å²) in [5.74, 6) is 0.330. The Morgan fingerprint density at radius 3 is 2.76 bits per heavy atom. The Morgan fingerprint density at radius 1 is 1.47 bits per heavy atom. The number of nitriles is 2. The van der Waals surface area contributed by atoms with Gasteiger partial charge in [0, 0.05) is 12.5 Å². The van der Waals surface area contributed by atoms with E-state index in [2.05, 4.69) is 6.92 Å². The van der Waals surface area contributed by atoms with Gasteiger partial charge in [0.25, 0.3) is 0 Å². The summed E-state index contributed by atoms with van der Waals surface area (Å²) < 4.78 is 11.6. The molecule has 2 saturated heterocycles. The molecular weight excluding hydrogens is 216 g/mol. The van der Waals surface area contributed by atoms with E-state index in [0.29, 0.717) is 12.5 Å². The molecule has 17 heavy (non-hydrogen) atoms. The van der Waals surface area contributed by atoms with Gasteiger partial charge in [-0.2, -0.15) is 10.5 Å². The smallest absolute Gasteiger partial charge is 0.131 e. The van der Waals surface area contributed by atoms with E-state index in [1.54, 1.807) is 0 Å². The van der Waals surface area contributed by atoms with E-state index < -0.39 is 0 Å². The van der Waals surface area contributed by atoms with Gasteiger partial charge in [0.05, 0.1) is 12.2 Å². The Balaban J connectivity index is 2.33. The van der Waals surface area contributed by atoms with Crippen LogP contribution in [-0.4, -0.2) is 24.9 Å². The molecule has 4 atom stereocenters. The fraction of sp³-hybridized carbons (Fsp3) is 0.692. The third-order valence-electron chi connectivity index (χ3n) is 3.67. The Morgan fingerprint density at radius 2 is 2.18 bits per heavy atom. The highest BCUT2D eigenvalue weighted by molar-refractivity contribution is 5.43. The first kappa shape index (κ1) is 12.1. The third kappa shape index (κ3) is 1.95. The monoisotopic (exact) mass is 232 g/mol. The summed E-state index contributed by atoms with van der Waals surface area (Å²) in [6.07, 6.45) is 1.65. The lowest BCUT2D eigenvalue weighted by Gasteiger charge is -2.25. The molecule has 2 aliphatic rings. The van der Waals surface area contributed by atoms with Crippen LogP contribution in [-0.2, 0) is 9.47 Å². The van der Waals surface area contributed by atoms with Gasteiger partial charge < -0.3 is 9.47 Å². The quantitative estimate of drug-likeness (QED) is 0.682. The molecule has 2 rings (SSSR count). The Kier molecular flexibility index (Phi) is 3.47. The van der Waals surface area contributed by atoms with Gasteiger partial charge in [-0.15, -0.1) is 0 Å². The van der Waals surface area contributed by atoms with E-state index in [4.69, 9.17) is 20.0 Å². The van der Waals surface area contributed by atoms with E-state index in [1.165, 1.54) is 0 Å². The zero-order chi connectivity index (χ0) is 12.4. The van der Waals surface area contributed by atoms with Crippen molar-refractivity contribution in [3.8, 4) is 12.1 Å². The summed E-state index contributed by atoms with van der Waals surface area (Å²) in [5, 5.41) is 17.9. The first-order chi connectivity index (χ1) is 8.22. The van der Waals surface area contributed by atoms with Crippen LogP contribution in [0.25, 0.3) is 0 Å². The largest absolute Gasteiger partial charge is 0.375 e. The fourth-order valence-electron chi connectivity index (χ4n) is 2.80. The summed E-state index contributed by atoms with van der Waals surface area (Å²) in [6.45, 7) is 4.70. The van der Waals surface area contributed by atoms with Crippen LogP contribution >= 0.6 is 0 Å². The highest BCUT2D eigenvalue weighted by atomic mass is 16.6. The topological polar surface area (TPSA) is 66.0 Å². The lowest BCUT2D eigenvalue weighted by atomic mass is 9.96. The number of allylic oxidation sites excluding steroid dienone is 1. The Bertz CT molecular complexity index is 400. The first-order valence-electron chi connectivity index (χ1n) is 6.03. The second kappa shape index (κ2) is 4.87. The standard InChI is InChI=1S/C13H16N2O2/c1-3-16-12-8(2)11-5-4-10(13(12)17-11)9(6-14)7-15/h8,11-13H,3-5H2,1-2H3/t8-,11-,12-,13+/m1/s1. The molecule has 0 aromatic rings. The molecule has 2 heterocycles. The fourth-order valence-corrected chi connectivity index (χ4v) is 2.80.